The van der Waals surface area contributed by atoms with Crippen molar-refractivity contribution in [2.75, 3.05) is 5.32 Å². The first-order chi connectivity index (χ1) is 8.45. The van der Waals surface area contributed by atoms with E-state index in [-0.39, 0.29) is 12.1 Å². The largest absolute Gasteiger partial charge is 0.480 e. The molecule has 7 heteroatoms. The van der Waals surface area contributed by atoms with Crippen LogP contribution in [-0.4, -0.2) is 22.0 Å². The number of nitrogens with zero attached hydrogens (tertiary/aromatic N) is 1. The molecule has 0 saturated heterocycles. The summed E-state index contributed by atoms with van der Waals surface area (Å²) in [5.74, 6) is 1.20. The number of anilines is 1. The van der Waals surface area contributed by atoms with Gasteiger partial charge in [0.1, 0.15) is 6.04 Å². The minimum atomic E-state index is -1.07. The van der Waals surface area contributed by atoms with Crippen LogP contribution in [0, 0.1) is 26.0 Å². The van der Waals surface area contributed by atoms with Crippen molar-refractivity contribution in [3.8, 4) is 12.3 Å². The Morgan fingerprint density at radius 1 is 1.67 bits per heavy atom. The summed E-state index contributed by atoms with van der Waals surface area (Å²) in [6.45, 7) is 0. The highest BCUT2D eigenvalue weighted by Gasteiger charge is 2.18. The maximum Gasteiger partial charge on any atom is 0.327 e. The van der Waals surface area contributed by atoms with Crippen LogP contribution in [-0.2, 0) is 4.79 Å². The maximum absolute atomic E-state index is 10.9. The number of halogens is 1. The topological polar surface area (TPSA) is 92.5 Å². The van der Waals surface area contributed by atoms with Crippen molar-refractivity contribution in [1.29, 1.82) is 0 Å². The number of nitro benzene ring substituents is 1. The van der Waals surface area contributed by atoms with E-state index >= 15 is 0 Å². The van der Waals surface area contributed by atoms with Gasteiger partial charge in [-0.15, -0.1) is 12.3 Å². The van der Waals surface area contributed by atoms with E-state index in [9.17, 15) is 14.9 Å². The Bertz CT molecular complexity index is 524. The van der Waals surface area contributed by atoms with Crippen LogP contribution in [0.3, 0.4) is 0 Å². The zero-order valence-corrected chi connectivity index (χ0v) is 11.2. The third-order valence-corrected chi connectivity index (χ3v) is 3.01. The summed E-state index contributed by atoms with van der Waals surface area (Å²) < 4.78 is 0.560. The van der Waals surface area contributed by atoms with Crippen molar-refractivity contribution in [3.05, 3.63) is 31.9 Å². The maximum atomic E-state index is 10.9. The third kappa shape index (κ3) is 3.59. The molecular formula is C11H9IN2O4. The van der Waals surface area contributed by atoms with Crippen molar-refractivity contribution < 1.29 is 14.8 Å². The summed E-state index contributed by atoms with van der Waals surface area (Å²) in [5, 5.41) is 22.2. The molecule has 0 spiro atoms. The molecule has 0 aromatic heterocycles. The molecule has 0 bridgehead atoms. The van der Waals surface area contributed by atoms with E-state index in [1.54, 1.807) is 0 Å². The first-order valence-corrected chi connectivity index (χ1v) is 5.90. The fourth-order valence-electron chi connectivity index (χ4n) is 1.24. The molecule has 0 aliphatic heterocycles. The van der Waals surface area contributed by atoms with E-state index in [2.05, 4.69) is 11.2 Å². The number of aliphatic carboxylic acids is 1. The van der Waals surface area contributed by atoms with Gasteiger partial charge in [0.05, 0.1) is 4.92 Å². The number of hydrogen-bond donors (Lipinski definition) is 2. The number of terminal acetylenes is 1. The highest BCUT2D eigenvalue weighted by atomic mass is 127. The number of carboxylic acids is 1. The Morgan fingerprint density at radius 2 is 2.33 bits per heavy atom. The van der Waals surface area contributed by atoms with E-state index in [1.807, 2.05) is 22.6 Å². The number of non-ortho nitro benzene ring substituents is 1. The van der Waals surface area contributed by atoms with Gasteiger partial charge in [0, 0.05) is 27.8 Å². The van der Waals surface area contributed by atoms with Gasteiger partial charge in [0.15, 0.2) is 0 Å². The zero-order valence-electron chi connectivity index (χ0n) is 9.09. The molecule has 0 amide bonds. The van der Waals surface area contributed by atoms with Gasteiger partial charge in [-0.1, -0.05) is 0 Å². The van der Waals surface area contributed by atoms with Gasteiger partial charge in [-0.2, -0.15) is 0 Å². The Morgan fingerprint density at radius 3 is 2.78 bits per heavy atom. The van der Waals surface area contributed by atoms with E-state index in [0.29, 0.717) is 9.26 Å². The smallest absolute Gasteiger partial charge is 0.327 e. The SMILES string of the molecule is C#CCC(Nc1ccc([N+](=O)[O-])cc1I)C(=O)O. The highest BCUT2D eigenvalue weighted by molar-refractivity contribution is 14.1. The molecule has 18 heavy (non-hydrogen) atoms. The molecule has 94 valence electrons. The van der Waals surface area contributed by atoms with E-state index < -0.39 is 16.9 Å². The van der Waals surface area contributed by atoms with Crippen LogP contribution in [0.4, 0.5) is 11.4 Å². The fraction of sp³-hybridized carbons (Fsp3) is 0.182. The molecule has 0 fully saturated rings. The molecule has 1 atom stereocenters. The predicted molar refractivity (Wildman–Crippen MR) is 74.3 cm³/mol. The van der Waals surface area contributed by atoms with Crippen LogP contribution in [0.1, 0.15) is 6.42 Å². The molecule has 0 saturated carbocycles. The van der Waals surface area contributed by atoms with Gasteiger partial charge < -0.3 is 10.4 Å². The first-order valence-electron chi connectivity index (χ1n) is 4.82. The van der Waals surface area contributed by atoms with Crippen LogP contribution in [0.15, 0.2) is 18.2 Å². The number of carboxylic acid groups (broad SMARTS) is 1. The lowest BCUT2D eigenvalue weighted by atomic mass is 10.2. The van der Waals surface area contributed by atoms with Gasteiger partial charge >= 0.3 is 5.97 Å². The number of benzene rings is 1. The molecular weight excluding hydrogens is 351 g/mol. The highest BCUT2D eigenvalue weighted by Crippen LogP contribution is 2.24. The summed E-state index contributed by atoms with van der Waals surface area (Å²) in [5.41, 5.74) is 0.456. The fourth-order valence-corrected chi connectivity index (χ4v) is 1.89. The zero-order chi connectivity index (χ0) is 13.7. The van der Waals surface area contributed by atoms with Gasteiger partial charge in [-0.3, -0.25) is 10.1 Å². The first kappa shape index (κ1) is 14.2. The van der Waals surface area contributed by atoms with E-state index in [1.165, 1.54) is 18.2 Å². The van der Waals surface area contributed by atoms with Crippen molar-refractivity contribution >= 4 is 39.9 Å². The summed E-state index contributed by atoms with van der Waals surface area (Å²) >= 11 is 1.89. The van der Waals surface area contributed by atoms with Gasteiger partial charge in [-0.05, 0) is 28.7 Å². The standard InChI is InChI=1S/C11H9IN2O4/c1-2-3-10(11(15)16)13-9-5-4-7(14(17)18)6-8(9)12/h1,4-6,10,13H,3H2,(H,15,16). The minimum Gasteiger partial charge on any atom is -0.480 e. The van der Waals surface area contributed by atoms with Crippen LogP contribution in [0.2, 0.25) is 0 Å². The number of carbonyl (C=O) groups is 1. The molecule has 0 aliphatic carbocycles. The lowest BCUT2D eigenvalue weighted by Crippen LogP contribution is -2.29. The lowest BCUT2D eigenvalue weighted by Gasteiger charge is -2.14. The van der Waals surface area contributed by atoms with Crippen molar-refractivity contribution in [2.24, 2.45) is 0 Å². The second kappa shape index (κ2) is 6.20. The molecule has 0 heterocycles. The predicted octanol–water partition coefficient (Wildman–Crippen LogP) is 2.09. The lowest BCUT2D eigenvalue weighted by molar-refractivity contribution is -0.384. The third-order valence-electron chi connectivity index (χ3n) is 2.11. The number of rotatable bonds is 5. The van der Waals surface area contributed by atoms with Crippen molar-refractivity contribution in [2.45, 2.75) is 12.5 Å². The van der Waals surface area contributed by atoms with E-state index in [4.69, 9.17) is 11.5 Å². The quantitative estimate of drug-likeness (QED) is 0.363. The van der Waals surface area contributed by atoms with Crippen LogP contribution >= 0.6 is 22.6 Å². The van der Waals surface area contributed by atoms with Crippen molar-refractivity contribution in [1.82, 2.24) is 0 Å². The molecule has 1 aromatic carbocycles. The summed E-state index contributed by atoms with van der Waals surface area (Å²) in [6.07, 6.45) is 5.11. The molecule has 1 rings (SSSR count). The summed E-state index contributed by atoms with van der Waals surface area (Å²) in [4.78, 5) is 21.0. The number of nitro groups is 1. The molecule has 0 aliphatic rings. The van der Waals surface area contributed by atoms with Crippen LogP contribution < -0.4 is 5.32 Å². The molecule has 0 radical (unpaired) electrons. The number of hydrogen-bond acceptors (Lipinski definition) is 4. The average molecular weight is 360 g/mol. The Hall–Kier alpha value is -1.82. The average Bonchev–Trinajstić information content (AvgIpc) is 2.30. The summed E-state index contributed by atoms with van der Waals surface area (Å²) in [7, 11) is 0. The second-order valence-electron chi connectivity index (χ2n) is 3.36. The van der Waals surface area contributed by atoms with Gasteiger partial charge in [0.25, 0.3) is 5.69 Å². The molecule has 1 unspecified atom stereocenters. The minimum absolute atomic E-state index is 0.0302. The Labute approximate surface area is 117 Å². The monoisotopic (exact) mass is 360 g/mol. The number of nitrogens with one attached hydrogen (secondary N) is 1. The Balaban J connectivity index is 2.94. The van der Waals surface area contributed by atoms with Gasteiger partial charge in [0.2, 0.25) is 0 Å². The van der Waals surface area contributed by atoms with Crippen LogP contribution in [0.5, 0.6) is 0 Å². The normalized spacial score (nSPS) is 11.3. The Kier molecular flexibility index (Phi) is 4.91. The second-order valence-corrected chi connectivity index (χ2v) is 4.53. The van der Waals surface area contributed by atoms with Gasteiger partial charge in [-0.25, -0.2) is 4.79 Å². The van der Waals surface area contributed by atoms with Crippen molar-refractivity contribution in [3.63, 3.8) is 0 Å². The molecule has 6 nitrogen and oxygen atoms in total. The molecule has 1 aromatic rings. The van der Waals surface area contributed by atoms with E-state index in [0.717, 1.165) is 0 Å². The molecule has 2 N–H and O–H groups in total. The van der Waals surface area contributed by atoms with Crippen LogP contribution in [0.25, 0.3) is 0 Å². The summed E-state index contributed by atoms with van der Waals surface area (Å²) in [6, 6.07) is 3.22.